The number of nitrogens with zero attached hydrogens (tertiary/aromatic N) is 5. The summed E-state index contributed by atoms with van der Waals surface area (Å²) in [6.07, 6.45) is 4.02. The maximum absolute atomic E-state index is 12.9. The van der Waals surface area contributed by atoms with Crippen LogP contribution in [0.3, 0.4) is 0 Å². The minimum atomic E-state index is -4.46. The van der Waals surface area contributed by atoms with E-state index >= 15 is 0 Å². The van der Waals surface area contributed by atoms with Gasteiger partial charge in [-0.2, -0.15) is 18.3 Å². The van der Waals surface area contributed by atoms with E-state index in [1.165, 1.54) is 10.7 Å². The van der Waals surface area contributed by atoms with Crippen LogP contribution in [-0.2, 0) is 27.3 Å². The third-order valence-electron chi connectivity index (χ3n) is 8.08. The van der Waals surface area contributed by atoms with Crippen LogP contribution in [0.25, 0.3) is 5.65 Å². The van der Waals surface area contributed by atoms with Gasteiger partial charge in [-0.3, -0.25) is 14.4 Å². The van der Waals surface area contributed by atoms with E-state index in [1.54, 1.807) is 12.3 Å². The third-order valence-corrected chi connectivity index (χ3v) is 8.08. The van der Waals surface area contributed by atoms with E-state index in [9.17, 15) is 36.3 Å². The fourth-order valence-corrected chi connectivity index (χ4v) is 5.07. The number of nitrogens with one attached hydrogen (secondary N) is 2. The van der Waals surface area contributed by atoms with Gasteiger partial charge < -0.3 is 15.4 Å². The molecular formula is C30H38F5N7O5. The van der Waals surface area contributed by atoms with Gasteiger partial charge in [-0.15, -0.1) is 0 Å². The highest BCUT2D eigenvalue weighted by Crippen LogP contribution is 2.40. The van der Waals surface area contributed by atoms with Crippen molar-refractivity contribution in [1.29, 1.82) is 0 Å². The number of hydrogen-bond donors (Lipinski definition) is 2. The maximum Gasteiger partial charge on any atom is 0.408 e. The Hall–Kier alpha value is -4.18. The number of carbonyl (C=O) groups excluding carboxylic acids is 3. The van der Waals surface area contributed by atoms with Crippen molar-refractivity contribution >= 4 is 23.9 Å². The van der Waals surface area contributed by atoms with Crippen molar-refractivity contribution in [3.63, 3.8) is 0 Å². The molecule has 6 rings (SSSR count). The van der Waals surface area contributed by atoms with Gasteiger partial charge in [-0.05, 0) is 68.7 Å². The molecule has 3 fully saturated rings. The molecule has 0 bridgehead atoms. The smallest absolute Gasteiger partial charge is 0.408 e. The topological polar surface area (TPSA) is 154 Å². The van der Waals surface area contributed by atoms with Gasteiger partial charge in [0.05, 0.1) is 30.7 Å². The highest BCUT2D eigenvalue weighted by molar-refractivity contribution is 5.93. The number of rotatable bonds is 9. The third kappa shape index (κ3) is 10.4. The van der Waals surface area contributed by atoms with Gasteiger partial charge in [0.15, 0.2) is 11.3 Å². The number of hydrogen-bond acceptors (Lipinski definition) is 9. The molecule has 3 atom stereocenters. The van der Waals surface area contributed by atoms with Crippen LogP contribution in [0.5, 0.6) is 0 Å². The minimum absolute atomic E-state index is 0.0810. The zero-order valence-electron chi connectivity index (χ0n) is 26.1. The van der Waals surface area contributed by atoms with Gasteiger partial charge >= 0.3 is 6.18 Å². The summed E-state index contributed by atoms with van der Waals surface area (Å²) in [4.78, 5) is 38.2. The maximum atomic E-state index is 12.9. The lowest BCUT2D eigenvalue weighted by Gasteiger charge is -2.20. The van der Waals surface area contributed by atoms with E-state index in [1.807, 2.05) is 19.2 Å². The molecule has 2 amide bonds. The van der Waals surface area contributed by atoms with Crippen molar-refractivity contribution in [2.24, 2.45) is 5.92 Å². The van der Waals surface area contributed by atoms with Gasteiger partial charge in [0, 0.05) is 24.7 Å². The minimum Gasteiger partial charge on any atom is -0.465 e. The number of carbonyl (C=O) groups is 3. The molecule has 0 spiro atoms. The van der Waals surface area contributed by atoms with Crippen molar-refractivity contribution in [3.8, 4) is 0 Å². The van der Waals surface area contributed by atoms with E-state index in [-0.39, 0.29) is 49.9 Å². The van der Waals surface area contributed by atoms with Crippen LogP contribution >= 0.6 is 0 Å². The lowest BCUT2D eigenvalue weighted by Crippen LogP contribution is -2.38. The first kappa shape index (κ1) is 35.7. The van der Waals surface area contributed by atoms with E-state index < -0.39 is 35.9 Å². The van der Waals surface area contributed by atoms with Crippen LogP contribution in [0.15, 0.2) is 23.1 Å². The summed E-state index contributed by atoms with van der Waals surface area (Å²) in [5.41, 5.74) is 2.32. The molecule has 3 aromatic heterocycles. The van der Waals surface area contributed by atoms with Crippen LogP contribution in [0, 0.1) is 5.92 Å². The highest BCUT2D eigenvalue weighted by atomic mass is 19.4. The van der Waals surface area contributed by atoms with E-state index in [4.69, 9.17) is 0 Å². The summed E-state index contributed by atoms with van der Waals surface area (Å²) in [6, 6.07) is -0.155. The normalized spacial score (nSPS) is 21.0. The number of imidazole rings is 1. The van der Waals surface area contributed by atoms with Crippen LogP contribution in [0.2, 0.25) is 0 Å². The second kappa shape index (κ2) is 15.6. The Balaban J connectivity index is 0.000000276. The molecule has 0 radical (unpaired) electrons. The van der Waals surface area contributed by atoms with Gasteiger partial charge in [0.2, 0.25) is 11.8 Å². The van der Waals surface area contributed by atoms with Gasteiger partial charge in [-0.1, -0.05) is 18.5 Å². The molecule has 47 heavy (non-hydrogen) atoms. The molecule has 12 nitrogen and oxygen atoms in total. The van der Waals surface area contributed by atoms with Crippen molar-refractivity contribution < 1.29 is 45.7 Å². The molecule has 3 aliphatic rings. The highest BCUT2D eigenvalue weighted by Gasteiger charge is 2.47. The zero-order chi connectivity index (χ0) is 34.2. The second-order valence-electron chi connectivity index (χ2n) is 12.0. The standard InChI is InChI=1S/C19H18F3N7O3.C6H10F2.C5H10O2/c20-19(21,22)13-5-11(17(30)26-13)3-9-4-14-25-12(8-29(14)24-6-9)7-23-18(31)16-15(10-1-2-10)27-32-28-16;7-6(8)4-2-1-3-5-6;1-3-5(2)7-4-6/h4,6,8,10-11,13H,1-3,5,7H2,(H,23,31)(H,26,30);1-5H2;4-5H,3H2,1-2H3. The molecular weight excluding hydrogens is 633 g/mol. The summed E-state index contributed by atoms with van der Waals surface area (Å²) >= 11 is 0. The summed E-state index contributed by atoms with van der Waals surface area (Å²) in [5, 5.41) is 16.4. The molecule has 2 saturated carbocycles. The number of amides is 2. The van der Waals surface area contributed by atoms with E-state index in [0.717, 1.165) is 25.7 Å². The average Bonchev–Trinajstić information content (AvgIpc) is 3.40. The Bertz CT molecular complexity index is 1500. The quantitative estimate of drug-likeness (QED) is 0.234. The molecule has 0 aromatic carbocycles. The molecule has 2 aliphatic carbocycles. The molecule has 3 aromatic rings. The first-order valence-corrected chi connectivity index (χ1v) is 15.6. The number of halogens is 5. The van der Waals surface area contributed by atoms with Crippen LogP contribution < -0.4 is 10.6 Å². The molecule has 2 N–H and O–H groups in total. The Morgan fingerprint density at radius 3 is 2.51 bits per heavy atom. The predicted molar refractivity (Wildman–Crippen MR) is 155 cm³/mol. The Morgan fingerprint density at radius 2 is 1.96 bits per heavy atom. The zero-order valence-corrected chi connectivity index (χ0v) is 26.1. The van der Waals surface area contributed by atoms with E-state index in [0.29, 0.717) is 41.9 Å². The Morgan fingerprint density at radius 1 is 1.23 bits per heavy atom. The fraction of sp³-hybridized carbons (Fsp3) is 0.633. The SMILES string of the molecule is CCC(C)OC=O.FC1(F)CCCCC1.O=C(NCc1cn2ncc(CC3CC(C(F)(F)F)NC3=O)cc2n1)c1nonc1C1CC1. The lowest BCUT2D eigenvalue weighted by molar-refractivity contribution is -0.155. The van der Waals surface area contributed by atoms with Crippen molar-refractivity contribution in [3.05, 3.63) is 41.1 Å². The predicted octanol–water partition coefficient (Wildman–Crippen LogP) is 5.07. The molecule has 258 valence electrons. The molecule has 3 unspecified atom stereocenters. The summed E-state index contributed by atoms with van der Waals surface area (Å²) < 4.78 is 73.7. The first-order valence-electron chi connectivity index (χ1n) is 15.6. The average molecular weight is 672 g/mol. The first-order chi connectivity index (χ1) is 22.3. The number of ether oxygens (including phenoxy) is 1. The Labute approximate surface area is 267 Å². The van der Waals surface area contributed by atoms with Gasteiger partial charge in [0.1, 0.15) is 11.7 Å². The molecule has 1 aliphatic heterocycles. The second-order valence-corrected chi connectivity index (χ2v) is 12.0. The van der Waals surface area contributed by atoms with E-state index in [2.05, 4.69) is 35.1 Å². The lowest BCUT2D eigenvalue weighted by atomic mass is 9.97. The fourth-order valence-electron chi connectivity index (χ4n) is 5.07. The number of fused-ring (bicyclic) bond motifs is 1. The number of alkyl halides is 5. The molecule has 4 heterocycles. The monoisotopic (exact) mass is 671 g/mol. The molecule has 1 saturated heterocycles. The largest absolute Gasteiger partial charge is 0.465 e. The number of aromatic nitrogens is 5. The van der Waals surface area contributed by atoms with Gasteiger partial charge in [-0.25, -0.2) is 22.9 Å². The van der Waals surface area contributed by atoms with Crippen molar-refractivity contribution in [1.82, 2.24) is 35.5 Å². The van der Waals surface area contributed by atoms with Gasteiger partial charge in [0.25, 0.3) is 12.4 Å². The van der Waals surface area contributed by atoms with Crippen molar-refractivity contribution in [2.45, 2.75) is 115 Å². The summed E-state index contributed by atoms with van der Waals surface area (Å²) in [5.74, 6) is -3.92. The Kier molecular flexibility index (Phi) is 11.8. The van der Waals surface area contributed by atoms with Crippen LogP contribution in [-0.4, -0.2) is 67.4 Å². The van der Waals surface area contributed by atoms with Crippen LogP contribution in [0.4, 0.5) is 22.0 Å². The van der Waals surface area contributed by atoms with Crippen LogP contribution in [0.1, 0.15) is 105 Å². The molecule has 17 heteroatoms. The summed E-state index contributed by atoms with van der Waals surface area (Å²) in [6.45, 7) is 4.42. The summed E-state index contributed by atoms with van der Waals surface area (Å²) in [7, 11) is 0. The van der Waals surface area contributed by atoms with Crippen molar-refractivity contribution in [2.75, 3.05) is 0 Å².